The van der Waals surface area contributed by atoms with Crippen molar-refractivity contribution in [3.63, 3.8) is 0 Å². The van der Waals surface area contributed by atoms with Crippen LogP contribution in [0.15, 0.2) is 71.2 Å². The van der Waals surface area contributed by atoms with Gasteiger partial charge < -0.3 is 30.2 Å². The lowest BCUT2D eigenvalue weighted by atomic mass is 10.0. The van der Waals surface area contributed by atoms with Crippen LogP contribution in [0.3, 0.4) is 0 Å². The second-order valence-corrected chi connectivity index (χ2v) is 13.0. The fourth-order valence-corrected chi connectivity index (χ4v) is 7.87. The first kappa shape index (κ1) is 32.0. The Bertz CT molecular complexity index is 1570. The Morgan fingerprint density at radius 3 is 2.44 bits per heavy atom. The van der Waals surface area contributed by atoms with Crippen LogP contribution in [0.1, 0.15) is 22.9 Å². The number of nitrogens with zero attached hydrogens (tertiary/aromatic N) is 3. The van der Waals surface area contributed by atoms with E-state index in [1.165, 1.54) is 33.8 Å². The van der Waals surface area contributed by atoms with Crippen molar-refractivity contribution in [2.75, 3.05) is 30.5 Å². The summed E-state index contributed by atoms with van der Waals surface area (Å²) in [5.41, 5.74) is 1.19. The van der Waals surface area contributed by atoms with Crippen molar-refractivity contribution >= 4 is 75.9 Å². The van der Waals surface area contributed by atoms with Gasteiger partial charge in [0, 0.05) is 17.7 Å². The van der Waals surface area contributed by atoms with Crippen molar-refractivity contribution in [1.82, 2.24) is 15.2 Å². The normalized spacial score (nSPS) is 20.9. The van der Waals surface area contributed by atoms with Crippen LogP contribution < -0.4 is 10.6 Å². The van der Waals surface area contributed by atoms with E-state index in [1.807, 2.05) is 60.7 Å². The van der Waals surface area contributed by atoms with Crippen LogP contribution in [0.5, 0.6) is 0 Å². The zero-order valence-electron chi connectivity index (χ0n) is 23.7. The van der Waals surface area contributed by atoms with Gasteiger partial charge in [0.1, 0.15) is 21.9 Å². The Balaban J connectivity index is 1.28. The molecule has 2 aliphatic heterocycles. The molecule has 0 spiro atoms. The molecule has 3 heterocycles. The molecule has 2 aromatic carbocycles. The number of oxime groups is 1. The minimum absolute atomic E-state index is 0.0122. The van der Waals surface area contributed by atoms with E-state index in [2.05, 4.69) is 20.8 Å². The molecule has 2 unspecified atom stereocenters. The van der Waals surface area contributed by atoms with Gasteiger partial charge in [-0.1, -0.05) is 65.8 Å². The number of aromatic nitrogens is 1. The summed E-state index contributed by atoms with van der Waals surface area (Å²) in [6.45, 7) is -0.630. The smallest absolute Gasteiger partial charge is 0.347 e. The van der Waals surface area contributed by atoms with Gasteiger partial charge in [0.2, 0.25) is 18.9 Å². The van der Waals surface area contributed by atoms with Gasteiger partial charge in [-0.25, -0.2) is 9.78 Å². The lowest BCUT2D eigenvalue weighted by Gasteiger charge is -2.53. The number of hydrogen-bond donors (Lipinski definition) is 3. The third-order valence-corrected chi connectivity index (χ3v) is 10.8. The number of amides is 3. The number of carboxylic acid groups (broad SMARTS) is 1. The molecule has 5 rings (SSSR count). The van der Waals surface area contributed by atoms with Gasteiger partial charge >= 0.3 is 11.9 Å². The standard InChI is InChI=1S/C29H27N5O8S3/c1-43-29(27(39)40)14-34-25(38)22(26(34)45-15-29)32-24(37)21(19-13-44-28(31-19)30-16-35)33-41-12-20(36)42-23(17-8-4-2-5-9-17)18-10-6-3-7-11-18/h2-11,13,16,22-23,26H,12,14-15H2,1H3,(H,32,37)(H,39,40)(H,30,31,35)/t22?,26-,29?/m1/s1. The quantitative estimate of drug-likeness (QED) is 0.0801. The number of carbonyl (C=O) groups is 5. The number of thioether (sulfide) groups is 2. The first-order valence-electron chi connectivity index (χ1n) is 13.4. The summed E-state index contributed by atoms with van der Waals surface area (Å²) in [5, 5.41) is 19.8. The largest absolute Gasteiger partial charge is 0.480 e. The average Bonchev–Trinajstić information content (AvgIpc) is 3.52. The summed E-state index contributed by atoms with van der Waals surface area (Å²) < 4.78 is 4.59. The van der Waals surface area contributed by atoms with Crippen LogP contribution in [-0.2, 0) is 33.5 Å². The summed E-state index contributed by atoms with van der Waals surface area (Å²) in [6.07, 6.45) is 1.40. The number of aliphatic carboxylic acids is 1. The number of thiazole rings is 1. The van der Waals surface area contributed by atoms with E-state index in [-0.39, 0.29) is 28.8 Å². The number of esters is 1. The minimum atomic E-state index is -1.14. The Morgan fingerprint density at radius 1 is 1.18 bits per heavy atom. The number of anilines is 1. The number of β-lactam (4-membered cyclic amide) rings is 1. The zero-order valence-corrected chi connectivity index (χ0v) is 26.1. The number of carbonyl (C=O) groups excluding carboxylic acids is 4. The first-order chi connectivity index (χ1) is 21.8. The van der Waals surface area contributed by atoms with Crippen molar-refractivity contribution in [3.8, 4) is 0 Å². The molecule has 2 aliphatic rings. The molecule has 3 aromatic rings. The number of rotatable bonds is 13. The second-order valence-electron chi connectivity index (χ2n) is 9.83. The highest BCUT2D eigenvalue weighted by Crippen LogP contribution is 2.43. The molecular weight excluding hydrogens is 643 g/mol. The zero-order chi connectivity index (χ0) is 32.0. The molecule has 0 saturated carbocycles. The van der Waals surface area contributed by atoms with Crippen molar-refractivity contribution in [2.45, 2.75) is 22.3 Å². The fraction of sp³-hybridized carbons (Fsp3) is 0.276. The summed E-state index contributed by atoms with van der Waals surface area (Å²) in [4.78, 5) is 72.8. The summed E-state index contributed by atoms with van der Waals surface area (Å²) in [7, 11) is 0. The molecular formula is C29H27N5O8S3. The maximum absolute atomic E-state index is 13.4. The van der Waals surface area contributed by atoms with Gasteiger partial charge in [0.05, 0.1) is 0 Å². The van der Waals surface area contributed by atoms with Gasteiger partial charge in [-0.15, -0.1) is 34.9 Å². The van der Waals surface area contributed by atoms with Crippen LogP contribution in [0.4, 0.5) is 5.13 Å². The number of hydrogen-bond acceptors (Lipinski definition) is 12. The molecule has 0 radical (unpaired) electrons. The van der Waals surface area contributed by atoms with Crippen molar-refractivity contribution < 1.29 is 38.7 Å². The highest BCUT2D eigenvalue weighted by Gasteiger charge is 2.57. The van der Waals surface area contributed by atoms with Gasteiger partial charge in [0.25, 0.3) is 5.91 Å². The Kier molecular flexibility index (Phi) is 10.0. The SMILES string of the molecule is CSC1(C(=O)O)CS[C@@H]2C(NC(=O)C(=NOCC(=O)OC(c3ccccc3)c3ccccc3)c3csc(NC=O)n3)C(=O)N2C1. The highest BCUT2D eigenvalue weighted by molar-refractivity contribution is 8.04. The van der Waals surface area contributed by atoms with Gasteiger partial charge in [-0.2, -0.15) is 0 Å². The van der Waals surface area contributed by atoms with E-state index in [4.69, 9.17) is 9.57 Å². The Labute approximate surface area is 269 Å². The molecule has 13 nitrogen and oxygen atoms in total. The van der Waals surface area contributed by atoms with Crippen LogP contribution in [0.2, 0.25) is 0 Å². The number of nitrogens with one attached hydrogen (secondary N) is 2. The third kappa shape index (κ3) is 6.97. The first-order valence-corrected chi connectivity index (χ1v) is 16.6. The Morgan fingerprint density at radius 2 is 1.84 bits per heavy atom. The molecule has 2 fully saturated rings. The van der Waals surface area contributed by atoms with Gasteiger partial charge in [-0.05, 0) is 17.4 Å². The minimum Gasteiger partial charge on any atom is -0.480 e. The molecule has 3 atom stereocenters. The van der Waals surface area contributed by atoms with E-state index < -0.39 is 52.6 Å². The third-order valence-electron chi connectivity index (χ3n) is 7.06. The molecule has 45 heavy (non-hydrogen) atoms. The summed E-state index contributed by atoms with van der Waals surface area (Å²) >= 11 is 3.46. The highest BCUT2D eigenvalue weighted by atomic mass is 32.2. The predicted molar refractivity (Wildman–Crippen MR) is 169 cm³/mol. The topological polar surface area (TPSA) is 177 Å². The maximum Gasteiger partial charge on any atom is 0.347 e. The van der Waals surface area contributed by atoms with Crippen molar-refractivity contribution in [1.29, 1.82) is 0 Å². The van der Waals surface area contributed by atoms with E-state index >= 15 is 0 Å². The van der Waals surface area contributed by atoms with E-state index in [9.17, 15) is 29.1 Å². The van der Waals surface area contributed by atoms with Crippen LogP contribution in [-0.4, -0.2) is 92.2 Å². The molecule has 0 bridgehead atoms. The average molecular weight is 670 g/mol. The van der Waals surface area contributed by atoms with Gasteiger partial charge in [-0.3, -0.25) is 19.2 Å². The number of carboxylic acids is 1. The van der Waals surface area contributed by atoms with E-state index in [0.29, 0.717) is 6.41 Å². The van der Waals surface area contributed by atoms with Crippen molar-refractivity contribution in [2.24, 2.45) is 5.16 Å². The molecule has 3 N–H and O–H groups in total. The lowest BCUT2D eigenvalue weighted by molar-refractivity contribution is -0.153. The summed E-state index contributed by atoms with van der Waals surface area (Å²) in [6, 6.07) is 17.4. The summed E-state index contributed by atoms with van der Waals surface area (Å²) in [5.74, 6) is -2.75. The van der Waals surface area contributed by atoms with Crippen LogP contribution in [0.25, 0.3) is 0 Å². The molecule has 1 aromatic heterocycles. The number of ether oxygens (including phenoxy) is 1. The Hall–Kier alpha value is -4.41. The lowest BCUT2D eigenvalue weighted by Crippen LogP contribution is -2.74. The van der Waals surface area contributed by atoms with Crippen LogP contribution >= 0.6 is 34.9 Å². The molecule has 3 amide bonds. The molecule has 0 aliphatic carbocycles. The van der Waals surface area contributed by atoms with Gasteiger partial charge in [0.15, 0.2) is 16.9 Å². The van der Waals surface area contributed by atoms with E-state index in [0.717, 1.165) is 22.5 Å². The molecule has 234 valence electrons. The monoisotopic (exact) mass is 669 g/mol. The predicted octanol–water partition coefficient (Wildman–Crippen LogP) is 2.35. The van der Waals surface area contributed by atoms with Crippen LogP contribution in [0, 0.1) is 0 Å². The van der Waals surface area contributed by atoms with E-state index in [1.54, 1.807) is 6.26 Å². The molecule has 16 heteroatoms. The second kappa shape index (κ2) is 14.1. The van der Waals surface area contributed by atoms with Crippen molar-refractivity contribution in [3.05, 3.63) is 82.9 Å². The molecule has 2 saturated heterocycles. The number of fused-ring (bicyclic) bond motifs is 1. The number of benzene rings is 2. The maximum atomic E-state index is 13.4. The fourth-order valence-electron chi connectivity index (χ4n) is 4.70.